The fraction of sp³-hybridized carbons (Fsp3) is 0.0638. The minimum absolute atomic E-state index is 0.131. The molecule has 0 saturated heterocycles. The second kappa shape index (κ2) is 44.4. The number of carbonyl (C=O) groups is 6. The van der Waals surface area contributed by atoms with Crippen molar-refractivity contribution < 1.29 is 33.9 Å². The van der Waals surface area contributed by atoms with Crippen molar-refractivity contribution in [3.63, 3.8) is 0 Å². The van der Waals surface area contributed by atoms with Crippen LogP contribution in [0, 0.1) is 0 Å². The van der Waals surface area contributed by atoms with Crippen molar-refractivity contribution in [2.24, 2.45) is 7.05 Å². The topological polar surface area (TPSA) is 252 Å². The molecule has 122 heavy (non-hydrogen) atoms. The molecule has 16 rings (SSSR count). The van der Waals surface area contributed by atoms with Crippen LogP contribution in [0.2, 0.25) is 10.0 Å². The maximum atomic E-state index is 12.5. The Kier molecular flexibility index (Phi) is 32.2. The van der Waals surface area contributed by atoms with E-state index in [1.165, 1.54) is 53.2 Å². The lowest BCUT2D eigenvalue weighted by atomic mass is 10.1. The van der Waals surface area contributed by atoms with Gasteiger partial charge in [-0.1, -0.05) is 103 Å². The van der Waals surface area contributed by atoms with E-state index in [0.29, 0.717) is 55.0 Å². The lowest BCUT2D eigenvalue weighted by molar-refractivity contribution is 0.0695. The number of H-pyrrole nitrogens is 1. The van der Waals surface area contributed by atoms with Gasteiger partial charge in [0.1, 0.15) is 5.69 Å². The standard InChI is InChI=1S/2C18H17N3OS.C17H12N2O3S.C15H12Cl2N2O.C15H13N3OS.C11H10N2/c1-20(2)16-6-3-5-14(13-16)18(22)21-11-10-15(19-21)8-9-17-7-4-12-23-17;1-20(2)16-8-5-14(6-9-16)18(22)21-12-11-15(19-21)7-10-17-4-3-13-23-17;20-16(12-3-5-13(6-4-12)17(21)22)19-10-9-14(18-19)7-8-15-2-1-11-23-15;1-10(2)15(20)19-11(8-9-18-19)6-7-12-13(16)4-3-5-14(12)17;1-17-9-2-5-14(17)15(19)18-10-8-12(16-18)6-7-13-4-3-11-20-13;1-2-4-10(5-3-1)6-7-11-8-9-12-13-11/h2*3-13H,1-2H3;1-11H,(H,21,22);3-9H,1H2,2H3;2-11H,1H3;1-9H,(H,12,13)/b9-8+;10-7+;8-7+;3*7-6+. The van der Waals surface area contributed by atoms with Gasteiger partial charge < -0.3 is 19.5 Å². The van der Waals surface area contributed by atoms with Crippen LogP contribution in [-0.4, -0.2) is 132 Å². The number of nitrogens with one attached hydrogen (secondary N) is 1. The van der Waals surface area contributed by atoms with Gasteiger partial charge in [-0.25, -0.2) is 23.5 Å². The summed E-state index contributed by atoms with van der Waals surface area (Å²) in [5, 5.41) is 45.9. The number of nitrogens with zero attached hydrogens (tertiary/aromatic N) is 14. The monoisotopic (exact) mass is 1730 g/mol. The second-order valence-electron chi connectivity index (χ2n) is 26.6. The molecule has 0 bridgehead atoms. The van der Waals surface area contributed by atoms with E-state index < -0.39 is 5.97 Å². The Morgan fingerprint density at radius 3 is 1.29 bits per heavy atom. The molecule has 11 aromatic heterocycles. The van der Waals surface area contributed by atoms with Crippen LogP contribution < -0.4 is 9.80 Å². The number of hydrogen-bond acceptors (Lipinski definition) is 18. The van der Waals surface area contributed by atoms with Gasteiger partial charge in [-0.05, 0) is 253 Å². The number of aromatic nitrogens is 13. The molecule has 0 radical (unpaired) electrons. The van der Waals surface area contributed by atoms with Crippen molar-refractivity contribution in [3.8, 4) is 0 Å². The Hall–Kier alpha value is -14.4. The fourth-order valence-electron chi connectivity index (χ4n) is 10.9. The third-order valence-electron chi connectivity index (χ3n) is 17.3. The number of thiophene rings is 4. The van der Waals surface area contributed by atoms with Crippen LogP contribution >= 0.6 is 68.5 Å². The molecule has 11 heterocycles. The van der Waals surface area contributed by atoms with E-state index in [2.05, 4.69) is 54.4 Å². The summed E-state index contributed by atoms with van der Waals surface area (Å²) < 4.78 is 8.42. The highest BCUT2D eigenvalue weighted by Crippen LogP contribution is 2.27. The summed E-state index contributed by atoms with van der Waals surface area (Å²) in [4.78, 5) is 80.7. The van der Waals surface area contributed by atoms with E-state index in [4.69, 9.17) is 28.3 Å². The normalized spacial score (nSPS) is 11.0. The van der Waals surface area contributed by atoms with Crippen molar-refractivity contribution in [2.75, 3.05) is 38.0 Å². The molecule has 0 spiro atoms. The predicted octanol–water partition coefficient (Wildman–Crippen LogP) is 21.5. The lowest BCUT2D eigenvalue weighted by Gasteiger charge is -2.13. The zero-order valence-electron chi connectivity index (χ0n) is 66.8. The first-order valence-corrected chi connectivity index (χ1v) is 41.7. The first-order valence-electron chi connectivity index (χ1n) is 37.5. The highest BCUT2D eigenvalue weighted by molar-refractivity contribution is 7.11. The molecule has 0 unspecified atom stereocenters. The molecule has 2 N–H and O–H groups in total. The van der Waals surface area contributed by atoms with Gasteiger partial charge in [0.15, 0.2) is 0 Å². The Morgan fingerprint density at radius 2 is 0.869 bits per heavy atom. The van der Waals surface area contributed by atoms with Gasteiger partial charge in [-0.15, -0.1) is 45.3 Å². The van der Waals surface area contributed by atoms with Crippen LogP contribution in [0.25, 0.3) is 72.9 Å². The summed E-state index contributed by atoms with van der Waals surface area (Å²) in [6.45, 7) is 5.26. The van der Waals surface area contributed by atoms with E-state index in [9.17, 15) is 28.8 Å². The Labute approximate surface area is 730 Å². The number of carboxylic acids is 1. The number of aromatic amines is 1. The quantitative estimate of drug-likeness (QED) is 0.0673. The molecule has 0 aliphatic carbocycles. The summed E-state index contributed by atoms with van der Waals surface area (Å²) in [5.74, 6) is -1.98. The fourth-order valence-corrected chi connectivity index (χ4v) is 13.9. The molecule has 0 aliphatic rings. The highest BCUT2D eigenvalue weighted by Gasteiger charge is 2.17. The van der Waals surface area contributed by atoms with E-state index in [-0.39, 0.29) is 35.1 Å². The molecule has 0 amide bonds. The summed E-state index contributed by atoms with van der Waals surface area (Å²) in [7, 11) is 9.68. The van der Waals surface area contributed by atoms with E-state index >= 15 is 0 Å². The number of carboxylic acid groups (broad SMARTS) is 1. The molecule has 0 aliphatic heterocycles. The van der Waals surface area contributed by atoms with Crippen LogP contribution in [-0.2, 0) is 7.05 Å². The number of rotatable bonds is 20. The van der Waals surface area contributed by atoms with E-state index in [0.717, 1.165) is 53.7 Å². The Morgan fingerprint density at radius 1 is 0.418 bits per heavy atom. The number of aromatic carboxylic acids is 1. The number of halogens is 2. The van der Waals surface area contributed by atoms with Gasteiger partial charge in [0.25, 0.3) is 29.5 Å². The number of allylic oxidation sites excluding steroid dienone is 1. The van der Waals surface area contributed by atoms with Crippen LogP contribution in [0.4, 0.5) is 11.4 Å². The molecule has 28 heteroatoms. The van der Waals surface area contributed by atoms with Crippen LogP contribution in [0.5, 0.6) is 0 Å². The smallest absolute Gasteiger partial charge is 0.335 e. The van der Waals surface area contributed by atoms with E-state index in [1.54, 1.807) is 149 Å². The molecule has 22 nitrogen and oxygen atoms in total. The number of benzene rings is 5. The van der Waals surface area contributed by atoms with Gasteiger partial charge in [0.05, 0.1) is 45.9 Å². The number of carbonyl (C=O) groups excluding carboxylic acids is 5. The zero-order chi connectivity index (χ0) is 86.3. The molecular weight excluding hydrogens is 1650 g/mol. The Bertz CT molecular complexity index is 6280. The molecule has 0 atom stereocenters. The average Bonchev–Trinajstić information content (AvgIpc) is 1.68. The molecule has 0 fully saturated rings. The maximum Gasteiger partial charge on any atom is 0.335 e. The average molecular weight is 1730 g/mol. The van der Waals surface area contributed by atoms with Crippen LogP contribution in [0.3, 0.4) is 0 Å². The van der Waals surface area contributed by atoms with Gasteiger partial charge in [-0.3, -0.25) is 29.1 Å². The molecule has 5 aromatic carbocycles. The van der Waals surface area contributed by atoms with Crippen molar-refractivity contribution >= 4 is 188 Å². The van der Waals surface area contributed by atoms with E-state index in [1.807, 2.05) is 273 Å². The lowest BCUT2D eigenvalue weighted by Crippen LogP contribution is -2.15. The minimum atomic E-state index is -1.02. The third kappa shape index (κ3) is 26.1. The van der Waals surface area contributed by atoms with Crippen LogP contribution in [0.15, 0.2) is 295 Å². The zero-order valence-corrected chi connectivity index (χ0v) is 71.6. The van der Waals surface area contributed by atoms with Gasteiger partial charge >= 0.3 is 5.97 Å². The third-order valence-corrected chi connectivity index (χ3v) is 21.3. The SMILES string of the molecule is C(=C\c1ccn[nH]1)/c1ccccc1.C=C(C)C(=O)n1nccc1/C=C/c1c(Cl)cccc1Cl.CN(C)c1ccc(C(=O)n2ccc(/C=C/c3cccs3)n2)cc1.CN(C)c1cccc(C(=O)n2ccc(/C=C/c3cccs3)n2)c1.Cn1cccc1C(=O)n1ccc(/C=C/c2cccs2)n1.O=C(O)c1ccc(C(=O)n2ccc(/C=C/c3cccs3)n2)cc1. The molecule has 612 valence electrons. The minimum Gasteiger partial charge on any atom is -0.478 e. The van der Waals surface area contributed by atoms with Crippen molar-refractivity contribution in [1.82, 2.24) is 63.7 Å². The molecule has 16 aromatic rings. The molecule has 0 saturated carbocycles. The number of aryl methyl sites for hydroxylation is 1. The summed E-state index contributed by atoms with van der Waals surface area (Å²) >= 11 is 18.8. The second-order valence-corrected chi connectivity index (χ2v) is 31.3. The summed E-state index contributed by atoms with van der Waals surface area (Å²) in [5.41, 5.74) is 11.3. The largest absolute Gasteiger partial charge is 0.478 e. The van der Waals surface area contributed by atoms with Gasteiger partial charge in [-0.2, -0.15) is 35.3 Å². The van der Waals surface area contributed by atoms with Gasteiger partial charge in [0, 0.05) is 141 Å². The van der Waals surface area contributed by atoms with Crippen molar-refractivity contribution in [3.05, 3.63) is 398 Å². The van der Waals surface area contributed by atoms with Crippen molar-refractivity contribution in [2.45, 2.75) is 6.92 Å². The van der Waals surface area contributed by atoms with Crippen molar-refractivity contribution in [1.29, 1.82) is 0 Å². The molecular formula is C94H81Cl2N15O7S4. The highest BCUT2D eigenvalue weighted by atomic mass is 35.5. The van der Waals surface area contributed by atoms with Crippen LogP contribution in [0.1, 0.15) is 128 Å². The first kappa shape index (κ1) is 88.4. The first-order chi connectivity index (χ1) is 59.1. The summed E-state index contributed by atoms with van der Waals surface area (Å²) in [6, 6.07) is 66.8. The maximum absolute atomic E-state index is 12.5. The number of hydrogen-bond donors (Lipinski definition) is 2. The number of anilines is 2. The summed E-state index contributed by atoms with van der Waals surface area (Å²) in [6.07, 6.45) is 34.8. The van der Waals surface area contributed by atoms with Gasteiger partial charge in [0.2, 0.25) is 0 Å². The Balaban J connectivity index is 0.000000144. The predicted molar refractivity (Wildman–Crippen MR) is 498 cm³/mol.